The highest BCUT2D eigenvalue weighted by Gasteiger charge is 2.30. The molecule has 1 heteroatoms. The van der Waals surface area contributed by atoms with Gasteiger partial charge in [-0.2, -0.15) is 0 Å². The number of benzene rings is 3. The normalized spacial score (nSPS) is 10.9. The predicted molar refractivity (Wildman–Crippen MR) is 126 cm³/mol. The lowest BCUT2D eigenvalue weighted by Crippen LogP contribution is -2.55. The summed E-state index contributed by atoms with van der Waals surface area (Å²) in [5, 5.41) is 0. The first-order valence-corrected chi connectivity index (χ1v) is 12.5. The summed E-state index contributed by atoms with van der Waals surface area (Å²) >= 11 is -1.55. The smallest absolute Gasteiger partial charge is 0.0955 e. The first-order valence-electron chi connectivity index (χ1n) is 10.8. The second-order valence-electron chi connectivity index (χ2n) is 7.89. The first-order chi connectivity index (χ1) is 13.5. The van der Waals surface area contributed by atoms with E-state index in [-0.39, 0.29) is 0 Å². The van der Waals surface area contributed by atoms with E-state index in [0.29, 0.717) is 0 Å². The molecule has 0 aliphatic rings. The minimum Gasteiger partial charge on any atom is -0.0955 e. The van der Waals surface area contributed by atoms with Gasteiger partial charge in [-0.25, -0.2) is 0 Å². The van der Waals surface area contributed by atoms with Crippen LogP contribution in [-0.2, 0) is 19.3 Å². The molecule has 3 rings (SSSR count). The summed E-state index contributed by atoms with van der Waals surface area (Å²) in [6, 6.07) is 20.9. The van der Waals surface area contributed by atoms with E-state index in [9.17, 15) is 0 Å². The molecule has 0 atom stereocenters. The Morgan fingerprint density at radius 2 is 0.786 bits per heavy atom. The molecule has 0 spiro atoms. The van der Waals surface area contributed by atoms with Gasteiger partial charge in [0, 0.05) is 0 Å². The van der Waals surface area contributed by atoms with E-state index in [1.807, 2.05) is 0 Å². The molecule has 0 radical (unpaired) electrons. The van der Waals surface area contributed by atoms with Crippen molar-refractivity contribution in [1.29, 1.82) is 0 Å². The molecule has 3 aromatic carbocycles. The third-order valence-corrected chi connectivity index (χ3v) is 10.3. The van der Waals surface area contributed by atoms with Crippen LogP contribution < -0.4 is 13.3 Å². The zero-order valence-corrected chi connectivity index (χ0v) is 19.5. The quantitative estimate of drug-likeness (QED) is 0.535. The standard InChI is InChI=1S/3C9H11.Al/c3*1-3-9-7-5-4-6-8(9)2;/h3*4-5,7H,3H2,1-2H3;. The van der Waals surface area contributed by atoms with Crippen molar-refractivity contribution in [2.24, 2.45) is 0 Å². The summed E-state index contributed by atoms with van der Waals surface area (Å²) in [5.74, 6) is 0. The van der Waals surface area contributed by atoms with Gasteiger partial charge in [-0.05, 0) is 56.7 Å². The van der Waals surface area contributed by atoms with E-state index < -0.39 is 14.1 Å². The van der Waals surface area contributed by atoms with Gasteiger partial charge < -0.3 is 0 Å². The van der Waals surface area contributed by atoms with Crippen LogP contribution >= 0.6 is 0 Å². The van der Waals surface area contributed by atoms with Crippen molar-refractivity contribution in [3.8, 4) is 0 Å². The topological polar surface area (TPSA) is 0 Å². The molecule has 0 nitrogen and oxygen atoms in total. The average molecular weight is 385 g/mol. The Bertz CT molecular complexity index is 841. The Labute approximate surface area is 176 Å². The van der Waals surface area contributed by atoms with Crippen molar-refractivity contribution in [3.05, 3.63) is 88.0 Å². The van der Waals surface area contributed by atoms with Gasteiger partial charge in [0.2, 0.25) is 0 Å². The molecule has 0 aliphatic carbocycles. The van der Waals surface area contributed by atoms with Crippen LogP contribution in [0.1, 0.15) is 54.2 Å². The lowest BCUT2D eigenvalue weighted by molar-refractivity contribution is 1.11. The molecule has 144 valence electrons. The Morgan fingerprint density at radius 1 is 0.500 bits per heavy atom. The summed E-state index contributed by atoms with van der Waals surface area (Å²) in [6.07, 6.45) is 3.30. The number of aryl methyl sites for hydroxylation is 3. The third kappa shape index (κ3) is 3.84. The maximum Gasteiger partial charge on any atom is 0.384 e. The minimum absolute atomic E-state index is 1.10. The van der Waals surface area contributed by atoms with Crippen molar-refractivity contribution >= 4 is 27.4 Å². The molecular weight excluding hydrogens is 351 g/mol. The molecule has 0 aromatic heterocycles. The van der Waals surface area contributed by atoms with E-state index in [1.54, 1.807) is 13.3 Å². The Kier molecular flexibility index (Phi) is 6.82. The Hall–Kier alpha value is -1.81. The number of hydrogen-bond acceptors (Lipinski definition) is 0. The highest BCUT2D eigenvalue weighted by Crippen LogP contribution is 2.14. The monoisotopic (exact) mass is 384 g/mol. The van der Waals surface area contributed by atoms with E-state index >= 15 is 0 Å². The van der Waals surface area contributed by atoms with Crippen molar-refractivity contribution < 1.29 is 0 Å². The second kappa shape index (κ2) is 9.13. The molecule has 0 fully saturated rings. The van der Waals surface area contributed by atoms with Crippen LogP contribution in [0.25, 0.3) is 0 Å². The number of hydrogen-bond donors (Lipinski definition) is 0. The molecule has 0 bridgehead atoms. The van der Waals surface area contributed by atoms with Crippen molar-refractivity contribution in [2.45, 2.75) is 60.8 Å². The Balaban J connectivity index is 2.34. The second-order valence-corrected chi connectivity index (χ2v) is 10.6. The highest BCUT2D eigenvalue weighted by molar-refractivity contribution is 6.96. The summed E-state index contributed by atoms with van der Waals surface area (Å²) in [6.45, 7) is 13.8. The first kappa shape index (κ1) is 20.9. The van der Waals surface area contributed by atoms with Gasteiger partial charge in [-0.1, -0.05) is 105 Å². The minimum atomic E-state index is -1.55. The molecule has 0 unspecified atom stereocenters. The lowest BCUT2D eigenvalue weighted by atomic mass is 10.1. The SMILES string of the molecule is CCc1ccc[c]([Al]([c]2cccc(CC)c2C)[c]2cccc(CC)c2C)c1C. The zero-order valence-electron chi connectivity index (χ0n) is 18.4. The van der Waals surface area contributed by atoms with E-state index in [0.717, 1.165) is 19.3 Å². The summed E-state index contributed by atoms with van der Waals surface area (Å²) in [4.78, 5) is 0. The fraction of sp³-hybridized carbons (Fsp3) is 0.333. The van der Waals surface area contributed by atoms with Crippen LogP contribution in [0.2, 0.25) is 0 Å². The van der Waals surface area contributed by atoms with E-state index in [2.05, 4.69) is 96.1 Å². The van der Waals surface area contributed by atoms with Crippen LogP contribution in [0.5, 0.6) is 0 Å². The average Bonchev–Trinajstić information content (AvgIpc) is 2.71. The lowest BCUT2D eigenvalue weighted by Gasteiger charge is -2.23. The van der Waals surface area contributed by atoms with Crippen molar-refractivity contribution in [2.75, 3.05) is 0 Å². The van der Waals surface area contributed by atoms with Crippen LogP contribution in [0.3, 0.4) is 0 Å². The zero-order chi connectivity index (χ0) is 20.3. The summed E-state index contributed by atoms with van der Waals surface area (Å²) in [5.41, 5.74) is 8.98. The van der Waals surface area contributed by atoms with Gasteiger partial charge in [-0.3, -0.25) is 0 Å². The van der Waals surface area contributed by atoms with Crippen LogP contribution in [0, 0.1) is 20.8 Å². The fourth-order valence-electron chi connectivity index (χ4n) is 4.70. The molecule has 0 aliphatic heterocycles. The Morgan fingerprint density at radius 3 is 1.04 bits per heavy atom. The van der Waals surface area contributed by atoms with Crippen LogP contribution in [-0.4, -0.2) is 14.1 Å². The van der Waals surface area contributed by atoms with Gasteiger partial charge in [0.25, 0.3) is 0 Å². The highest BCUT2D eigenvalue weighted by atomic mass is 27.2. The largest absolute Gasteiger partial charge is 0.384 e. The fourth-order valence-corrected chi connectivity index (χ4v) is 8.47. The molecule has 0 N–H and O–H groups in total. The maximum atomic E-state index is 2.40. The van der Waals surface area contributed by atoms with Gasteiger partial charge in [0.15, 0.2) is 0 Å². The molecule has 0 saturated carbocycles. The maximum absolute atomic E-state index is 2.40. The summed E-state index contributed by atoms with van der Waals surface area (Å²) < 4.78 is 4.77. The molecular formula is C27H33Al. The van der Waals surface area contributed by atoms with Gasteiger partial charge in [0.05, 0.1) is 0 Å². The van der Waals surface area contributed by atoms with Crippen molar-refractivity contribution in [1.82, 2.24) is 0 Å². The molecule has 0 amide bonds. The van der Waals surface area contributed by atoms with E-state index in [4.69, 9.17) is 0 Å². The van der Waals surface area contributed by atoms with Crippen LogP contribution in [0.15, 0.2) is 54.6 Å². The van der Waals surface area contributed by atoms with Gasteiger partial charge in [-0.15, -0.1) is 0 Å². The molecule has 0 heterocycles. The van der Waals surface area contributed by atoms with Gasteiger partial charge in [0.1, 0.15) is 0 Å². The molecule has 0 saturated heterocycles. The third-order valence-electron chi connectivity index (χ3n) is 6.54. The molecule has 3 aromatic rings. The summed E-state index contributed by atoms with van der Waals surface area (Å²) in [7, 11) is 0. The molecule has 28 heavy (non-hydrogen) atoms. The number of rotatable bonds is 6. The predicted octanol–water partition coefficient (Wildman–Crippen LogP) is 4.82. The van der Waals surface area contributed by atoms with Gasteiger partial charge >= 0.3 is 14.1 Å². The van der Waals surface area contributed by atoms with Crippen molar-refractivity contribution in [3.63, 3.8) is 0 Å². The van der Waals surface area contributed by atoms with Crippen LogP contribution in [0.4, 0.5) is 0 Å². The van der Waals surface area contributed by atoms with E-state index in [1.165, 1.54) is 33.4 Å².